The van der Waals surface area contributed by atoms with E-state index in [0.717, 1.165) is 36.6 Å². The molecule has 1 saturated carbocycles. The fourth-order valence-electron chi connectivity index (χ4n) is 5.66. The first kappa shape index (κ1) is 24.3. The summed E-state index contributed by atoms with van der Waals surface area (Å²) in [6.45, 7) is 2.18. The summed E-state index contributed by atoms with van der Waals surface area (Å²) < 4.78 is 6.33. The van der Waals surface area contributed by atoms with Crippen LogP contribution in [0, 0.1) is 11.8 Å². The first-order valence-corrected chi connectivity index (χ1v) is 12.9. The highest BCUT2D eigenvalue weighted by atomic mass is 16.5. The molecule has 2 fully saturated rings. The Balaban J connectivity index is 1.40. The third-order valence-electron chi connectivity index (χ3n) is 7.86. The van der Waals surface area contributed by atoms with Crippen molar-refractivity contribution in [1.29, 1.82) is 0 Å². The minimum absolute atomic E-state index is 0.0867. The van der Waals surface area contributed by atoms with Crippen molar-refractivity contribution in [2.75, 3.05) is 6.54 Å². The highest BCUT2D eigenvalue weighted by Crippen LogP contribution is 2.47. The van der Waals surface area contributed by atoms with Crippen molar-refractivity contribution < 1.29 is 24.2 Å². The molecule has 1 saturated heterocycles. The molecule has 190 valence electrons. The van der Waals surface area contributed by atoms with E-state index in [1.165, 1.54) is 0 Å². The summed E-state index contributed by atoms with van der Waals surface area (Å²) in [7, 11) is 0. The molecule has 36 heavy (non-hydrogen) atoms. The lowest BCUT2D eigenvalue weighted by Crippen LogP contribution is -2.53. The molecule has 2 aromatic rings. The van der Waals surface area contributed by atoms with Gasteiger partial charge in [-0.25, -0.2) is 4.79 Å². The van der Waals surface area contributed by atoms with Crippen LogP contribution in [0.15, 0.2) is 48.7 Å². The minimum Gasteiger partial charge on any atom is -0.488 e. The second-order valence-corrected chi connectivity index (χ2v) is 10.4. The van der Waals surface area contributed by atoms with Gasteiger partial charge in [-0.15, -0.1) is 0 Å². The summed E-state index contributed by atoms with van der Waals surface area (Å²) in [6.07, 6.45) is 10.2. The predicted octanol–water partition coefficient (Wildman–Crippen LogP) is 3.70. The second kappa shape index (κ2) is 9.91. The number of aliphatic carboxylic acids is 1. The molecule has 3 heterocycles. The fourth-order valence-corrected chi connectivity index (χ4v) is 5.66. The van der Waals surface area contributed by atoms with E-state index in [0.29, 0.717) is 25.0 Å². The van der Waals surface area contributed by atoms with Gasteiger partial charge in [-0.2, -0.15) is 0 Å². The van der Waals surface area contributed by atoms with Crippen LogP contribution in [0.25, 0.3) is 10.9 Å². The van der Waals surface area contributed by atoms with Crippen LogP contribution in [0.4, 0.5) is 0 Å². The Kier molecular flexibility index (Phi) is 6.69. The molecule has 2 amide bonds. The number of carboxylic acid groups (broad SMARTS) is 1. The maximum absolute atomic E-state index is 13.5. The van der Waals surface area contributed by atoms with Crippen LogP contribution in [0.2, 0.25) is 0 Å². The van der Waals surface area contributed by atoms with Gasteiger partial charge < -0.3 is 20.1 Å². The van der Waals surface area contributed by atoms with Crippen LogP contribution in [0.5, 0.6) is 5.75 Å². The number of allylic oxidation sites excluding steroid dienone is 2. The molecule has 8 heteroatoms. The van der Waals surface area contributed by atoms with Crippen molar-refractivity contribution in [1.82, 2.24) is 15.2 Å². The summed E-state index contributed by atoms with van der Waals surface area (Å²) in [6, 6.07) is 8.70. The van der Waals surface area contributed by atoms with E-state index in [1.54, 1.807) is 17.2 Å². The number of amides is 2. The average Bonchev–Trinajstić information content (AvgIpc) is 3.40. The highest BCUT2D eigenvalue weighted by Gasteiger charge is 2.61. The Morgan fingerprint density at radius 3 is 2.81 bits per heavy atom. The van der Waals surface area contributed by atoms with Crippen molar-refractivity contribution in [3.8, 4) is 5.75 Å². The Hall–Kier alpha value is -3.42. The van der Waals surface area contributed by atoms with Crippen LogP contribution in [0.1, 0.15) is 51.9 Å². The number of nitrogens with one attached hydrogen (secondary N) is 1. The van der Waals surface area contributed by atoms with E-state index >= 15 is 0 Å². The lowest BCUT2D eigenvalue weighted by Gasteiger charge is -2.28. The van der Waals surface area contributed by atoms with Crippen LogP contribution in [-0.2, 0) is 14.4 Å². The normalized spacial score (nSPS) is 32.0. The number of ether oxygens (including phenoxy) is 1. The monoisotopic (exact) mass is 491 g/mol. The second-order valence-electron chi connectivity index (χ2n) is 10.4. The fraction of sp³-hybridized carbons (Fsp3) is 0.500. The Morgan fingerprint density at radius 2 is 1.97 bits per heavy atom. The average molecular weight is 492 g/mol. The van der Waals surface area contributed by atoms with E-state index in [2.05, 4.69) is 22.5 Å². The van der Waals surface area contributed by atoms with Gasteiger partial charge in [0.25, 0.3) is 0 Å². The molecular weight excluding hydrogens is 458 g/mol. The van der Waals surface area contributed by atoms with Gasteiger partial charge in [0.2, 0.25) is 11.8 Å². The standard InChI is InChI=1S/C28H33N3O5/c1-18-9-5-3-2-4-6-10-19-16-28(19,27(34)35)30-25(32)23-15-20(17-31(23)26(18)33)36-24-13-14-29-22-12-8-7-11-21(22)24/h2,4,7-8,11-14,18-20,23H,3,5-6,9-10,15-17H2,1H3,(H,30,32)(H,34,35)/b4-2+/t18-,19+,20?,23-,28+/m0/s1. The molecule has 0 spiro atoms. The summed E-state index contributed by atoms with van der Waals surface area (Å²) in [5.74, 6) is -1.18. The molecule has 0 radical (unpaired) electrons. The van der Waals surface area contributed by atoms with Gasteiger partial charge >= 0.3 is 5.97 Å². The van der Waals surface area contributed by atoms with Gasteiger partial charge in [0.1, 0.15) is 23.4 Å². The maximum atomic E-state index is 13.5. The van der Waals surface area contributed by atoms with Gasteiger partial charge in [0.15, 0.2) is 0 Å². The lowest BCUT2D eigenvalue weighted by atomic mass is 10.0. The predicted molar refractivity (Wildman–Crippen MR) is 134 cm³/mol. The van der Waals surface area contributed by atoms with E-state index in [9.17, 15) is 19.5 Å². The molecule has 8 nitrogen and oxygen atoms in total. The van der Waals surface area contributed by atoms with Crippen LogP contribution in [0.3, 0.4) is 0 Å². The number of pyridine rings is 1. The number of fused-ring (bicyclic) bond motifs is 3. The summed E-state index contributed by atoms with van der Waals surface area (Å²) >= 11 is 0. The van der Waals surface area contributed by atoms with Gasteiger partial charge in [-0.3, -0.25) is 14.6 Å². The van der Waals surface area contributed by atoms with Gasteiger partial charge in [-0.05, 0) is 62.6 Å². The zero-order chi connectivity index (χ0) is 25.3. The number of aromatic nitrogens is 1. The topological polar surface area (TPSA) is 109 Å². The summed E-state index contributed by atoms with van der Waals surface area (Å²) in [5, 5.41) is 13.6. The molecule has 1 aromatic carbocycles. The molecule has 2 N–H and O–H groups in total. The molecule has 1 unspecified atom stereocenters. The number of rotatable bonds is 3. The highest BCUT2D eigenvalue weighted by molar-refractivity contribution is 5.95. The van der Waals surface area contributed by atoms with Gasteiger partial charge in [0.05, 0.1) is 12.1 Å². The van der Waals surface area contributed by atoms with Crippen LogP contribution >= 0.6 is 0 Å². The lowest BCUT2D eigenvalue weighted by molar-refractivity contribution is -0.146. The Bertz CT molecular complexity index is 1190. The van der Waals surface area contributed by atoms with Crippen molar-refractivity contribution in [2.45, 2.75) is 69.6 Å². The number of nitrogens with zero attached hydrogens (tertiary/aromatic N) is 2. The summed E-state index contributed by atoms with van der Waals surface area (Å²) in [5.41, 5.74) is -0.436. The number of benzene rings is 1. The SMILES string of the molecule is C[C@H]1CCC/C=C/CC[C@@H]2C[C@@]2(C(=O)O)NC(=O)[C@@H]2CC(Oc3ccnc4ccccc34)CN2C1=O. The number of carbonyl (C=O) groups excluding carboxylic acids is 2. The third kappa shape index (κ3) is 4.68. The maximum Gasteiger partial charge on any atom is 0.329 e. The number of carbonyl (C=O) groups is 3. The first-order chi connectivity index (χ1) is 17.4. The molecule has 1 aromatic heterocycles. The quantitative estimate of drug-likeness (QED) is 0.634. The molecular formula is C28H33N3O5. The van der Waals surface area contributed by atoms with Gasteiger partial charge in [0, 0.05) is 23.9 Å². The van der Waals surface area contributed by atoms with E-state index < -0.39 is 23.5 Å². The molecule has 5 rings (SSSR count). The number of hydrogen-bond donors (Lipinski definition) is 2. The van der Waals surface area contributed by atoms with E-state index in [4.69, 9.17) is 4.74 Å². The molecule has 3 aliphatic rings. The third-order valence-corrected chi connectivity index (χ3v) is 7.86. The summed E-state index contributed by atoms with van der Waals surface area (Å²) in [4.78, 5) is 45.1. The largest absolute Gasteiger partial charge is 0.488 e. The Labute approximate surface area is 210 Å². The van der Waals surface area contributed by atoms with Crippen molar-refractivity contribution in [3.63, 3.8) is 0 Å². The minimum atomic E-state index is -1.24. The van der Waals surface area contributed by atoms with Crippen molar-refractivity contribution in [2.24, 2.45) is 11.8 Å². The van der Waals surface area contributed by atoms with Crippen molar-refractivity contribution >= 4 is 28.7 Å². The van der Waals surface area contributed by atoms with Crippen molar-refractivity contribution in [3.05, 3.63) is 48.7 Å². The number of para-hydroxylation sites is 1. The zero-order valence-corrected chi connectivity index (χ0v) is 20.6. The van der Waals surface area contributed by atoms with E-state index in [-0.39, 0.29) is 30.4 Å². The van der Waals surface area contributed by atoms with Crippen LogP contribution < -0.4 is 10.1 Å². The van der Waals surface area contributed by atoms with Gasteiger partial charge in [-0.1, -0.05) is 31.2 Å². The molecule has 2 aliphatic heterocycles. The molecule has 1 aliphatic carbocycles. The zero-order valence-electron chi connectivity index (χ0n) is 20.6. The van der Waals surface area contributed by atoms with Crippen LogP contribution in [-0.4, -0.2) is 57.0 Å². The molecule has 5 atom stereocenters. The smallest absolute Gasteiger partial charge is 0.329 e. The molecule has 0 bridgehead atoms. The number of carboxylic acids is 1. The Morgan fingerprint density at radius 1 is 1.17 bits per heavy atom. The number of hydrogen-bond acceptors (Lipinski definition) is 5. The first-order valence-electron chi connectivity index (χ1n) is 12.9. The van der Waals surface area contributed by atoms with E-state index in [1.807, 2.05) is 31.2 Å².